The van der Waals surface area contributed by atoms with Gasteiger partial charge in [0.25, 0.3) is 5.91 Å². The third-order valence-corrected chi connectivity index (χ3v) is 5.41. The lowest BCUT2D eigenvalue weighted by Crippen LogP contribution is -2.15. The monoisotopic (exact) mass is 459 g/mol. The van der Waals surface area contributed by atoms with Crippen LogP contribution in [0, 0.1) is 13.8 Å². The van der Waals surface area contributed by atoms with Gasteiger partial charge >= 0.3 is 0 Å². The van der Waals surface area contributed by atoms with Gasteiger partial charge in [-0.05, 0) is 55.0 Å². The van der Waals surface area contributed by atoms with Crippen molar-refractivity contribution < 1.29 is 23.6 Å². The summed E-state index contributed by atoms with van der Waals surface area (Å²) >= 11 is 0. The fourth-order valence-electron chi connectivity index (χ4n) is 3.65. The highest BCUT2D eigenvalue weighted by atomic mass is 16.5. The normalized spacial score (nSPS) is 10.7. The molecule has 0 fully saturated rings. The predicted molar refractivity (Wildman–Crippen MR) is 130 cm³/mol. The number of anilines is 2. The Morgan fingerprint density at radius 2 is 1.71 bits per heavy atom. The number of aromatic nitrogens is 1. The predicted octanol–water partition coefficient (Wildman–Crippen LogP) is 5.24. The molecule has 0 unspecified atom stereocenters. The Morgan fingerprint density at radius 3 is 2.35 bits per heavy atom. The highest BCUT2D eigenvalue weighted by Crippen LogP contribution is 2.31. The number of carbonyl (C=O) groups is 2. The van der Waals surface area contributed by atoms with Crippen molar-refractivity contribution in [2.45, 2.75) is 27.4 Å². The third kappa shape index (κ3) is 4.85. The molecule has 174 valence electrons. The van der Waals surface area contributed by atoms with E-state index in [-0.39, 0.29) is 18.4 Å². The highest BCUT2D eigenvalue weighted by molar-refractivity contribution is 6.09. The number of nitrogens with zero attached hydrogens (tertiary/aromatic N) is 1. The van der Waals surface area contributed by atoms with E-state index in [9.17, 15) is 9.59 Å². The molecule has 2 amide bonds. The quantitative estimate of drug-likeness (QED) is 0.392. The summed E-state index contributed by atoms with van der Waals surface area (Å²) in [6, 6.07) is 16.4. The van der Waals surface area contributed by atoms with Crippen molar-refractivity contribution in [1.29, 1.82) is 0 Å². The van der Waals surface area contributed by atoms with Gasteiger partial charge in [-0.1, -0.05) is 29.4 Å². The molecule has 1 heterocycles. The first-order valence-corrected chi connectivity index (χ1v) is 10.7. The topological polar surface area (TPSA) is 103 Å². The summed E-state index contributed by atoms with van der Waals surface area (Å²) in [6.07, 6.45) is 0. The Hall–Kier alpha value is -4.33. The average Bonchev–Trinajstić information content (AvgIpc) is 3.13. The van der Waals surface area contributed by atoms with Crippen molar-refractivity contribution in [3.05, 3.63) is 77.2 Å². The fourth-order valence-corrected chi connectivity index (χ4v) is 3.65. The average molecular weight is 460 g/mol. The first kappa shape index (κ1) is 22.8. The van der Waals surface area contributed by atoms with Gasteiger partial charge in [0.05, 0.1) is 29.6 Å². The lowest BCUT2D eigenvalue weighted by Gasteiger charge is -2.15. The van der Waals surface area contributed by atoms with Gasteiger partial charge in [0.2, 0.25) is 5.91 Å². The second kappa shape index (κ2) is 9.66. The first-order chi connectivity index (χ1) is 16.4. The SMILES string of the molecule is COc1ccc(NC(=O)c2cc3ccccc3cc2OCc2c(C)noc2C)cc1NC(C)=O. The lowest BCUT2D eigenvalue weighted by atomic mass is 10.0. The van der Waals surface area contributed by atoms with E-state index in [1.807, 2.05) is 44.2 Å². The molecular weight excluding hydrogens is 434 g/mol. The Kier molecular flexibility index (Phi) is 6.49. The Bertz CT molecular complexity index is 1360. The summed E-state index contributed by atoms with van der Waals surface area (Å²) in [6.45, 7) is 5.29. The van der Waals surface area contributed by atoms with E-state index in [0.717, 1.165) is 22.0 Å². The molecule has 0 aliphatic rings. The molecule has 34 heavy (non-hydrogen) atoms. The van der Waals surface area contributed by atoms with Gasteiger partial charge in [0, 0.05) is 12.6 Å². The van der Waals surface area contributed by atoms with Crippen LogP contribution in [0.4, 0.5) is 11.4 Å². The van der Waals surface area contributed by atoms with Crippen LogP contribution in [0.2, 0.25) is 0 Å². The van der Waals surface area contributed by atoms with Gasteiger partial charge < -0.3 is 24.6 Å². The van der Waals surface area contributed by atoms with Gasteiger partial charge in [0.15, 0.2) is 0 Å². The van der Waals surface area contributed by atoms with Crippen molar-refractivity contribution in [1.82, 2.24) is 5.16 Å². The van der Waals surface area contributed by atoms with Crippen LogP contribution < -0.4 is 20.1 Å². The van der Waals surface area contributed by atoms with E-state index in [2.05, 4.69) is 15.8 Å². The summed E-state index contributed by atoms with van der Waals surface area (Å²) in [4.78, 5) is 24.9. The van der Waals surface area contributed by atoms with Crippen molar-refractivity contribution in [3.8, 4) is 11.5 Å². The number of ether oxygens (including phenoxy) is 2. The van der Waals surface area contributed by atoms with E-state index in [4.69, 9.17) is 14.0 Å². The van der Waals surface area contributed by atoms with Gasteiger partial charge in [-0.15, -0.1) is 0 Å². The number of carbonyl (C=O) groups excluding carboxylic acids is 2. The minimum Gasteiger partial charge on any atom is -0.495 e. The summed E-state index contributed by atoms with van der Waals surface area (Å²) < 4.78 is 16.6. The Morgan fingerprint density at radius 1 is 0.971 bits per heavy atom. The molecule has 0 aliphatic heterocycles. The van der Waals surface area contributed by atoms with E-state index >= 15 is 0 Å². The number of benzene rings is 3. The molecule has 2 N–H and O–H groups in total. The van der Waals surface area contributed by atoms with Crippen LogP contribution in [0.3, 0.4) is 0 Å². The van der Waals surface area contributed by atoms with Crippen molar-refractivity contribution >= 4 is 34.0 Å². The molecule has 0 spiro atoms. The molecule has 8 heteroatoms. The minimum absolute atomic E-state index is 0.217. The van der Waals surface area contributed by atoms with Crippen LogP contribution in [0.5, 0.6) is 11.5 Å². The fraction of sp³-hybridized carbons (Fsp3) is 0.192. The van der Waals surface area contributed by atoms with E-state index in [1.54, 1.807) is 24.3 Å². The summed E-state index contributed by atoms with van der Waals surface area (Å²) in [5.74, 6) is 1.01. The Balaban J connectivity index is 1.66. The number of methoxy groups -OCH3 is 1. The number of aryl methyl sites for hydroxylation is 2. The number of nitrogens with one attached hydrogen (secondary N) is 2. The smallest absolute Gasteiger partial charge is 0.259 e. The van der Waals surface area contributed by atoms with Crippen molar-refractivity contribution in [2.75, 3.05) is 17.7 Å². The van der Waals surface area contributed by atoms with Crippen LogP contribution in [-0.2, 0) is 11.4 Å². The zero-order valence-electron chi connectivity index (χ0n) is 19.4. The number of fused-ring (bicyclic) bond motifs is 1. The van der Waals surface area contributed by atoms with Crippen LogP contribution in [0.1, 0.15) is 34.3 Å². The molecule has 3 aromatic carbocycles. The molecule has 1 aromatic heterocycles. The molecule has 0 saturated heterocycles. The molecule has 0 bridgehead atoms. The van der Waals surface area contributed by atoms with Gasteiger partial charge in [-0.25, -0.2) is 0 Å². The first-order valence-electron chi connectivity index (χ1n) is 10.7. The van der Waals surface area contributed by atoms with Crippen LogP contribution >= 0.6 is 0 Å². The number of hydrogen-bond acceptors (Lipinski definition) is 6. The Labute approximate surface area is 196 Å². The van der Waals surface area contributed by atoms with E-state index in [0.29, 0.717) is 34.2 Å². The van der Waals surface area contributed by atoms with Gasteiger partial charge in [0.1, 0.15) is 23.9 Å². The van der Waals surface area contributed by atoms with Gasteiger partial charge in [-0.2, -0.15) is 0 Å². The zero-order chi connectivity index (χ0) is 24.2. The van der Waals surface area contributed by atoms with Crippen molar-refractivity contribution in [3.63, 3.8) is 0 Å². The number of rotatable bonds is 7. The van der Waals surface area contributed by atoms with E-state index in [1.165, 1.54) is 14.0 Å². The maximum absolute atomic E-state index is 13.3. The zero-order valence-corrected chi connectivity index (χ0v) is 19.4. The molecule has 0 radical (unpaired) electrons. The van der Waals surface area contributed by atoms with E-state index < -0.39 is 0 Å². The molecular formula is C26H25N3O5. The summed E-state index contributed by atoms with van der Waals surface area (Å²) in [5.41, 5.74) is 2.92. The second-order valence-electron chi connectivity index (χ2n) is 7.84. The third-order valence-electron chi connectivity index (χ3n) is 5.41. The molecule has 0 atom stereocenters. The van der Waals surface area contributed by atoms with Crippen LogP contribution in [-0.4, -0.2) is 24.1 Å². The highest BCUT2D eigenvalue weighted by Gasteiger charge is 2.18. The number of hydrogen-bond donors (Lipinski definition) is 2. The standard InChI is InChI=1S/C26H25N3O5/c1-15-22(16(2)34-29-15)14-33-25-12-19-8-6-5-7-18(19)11-21(25)26(31)28-20-9-10-24(32-4)23(13-20)27-17(3)30/h5-13H,14H2,1-4H3,(H,27,30)(H,28,31). The van der Waals surface area contributed by atoms with Gasteiger partial charge in [-0.3, -0.25) is 9.59 Å². The summed E-state index contributed by atoms with van der Waals surface area (Å²) in [5, 5.41) is 11.4. The second-order valence-corrected chi connectivity index (χ2v) is 7.84. The molecule has 4 aromatic rings. The van der Waals surface area contributed by atoms with Crippen LogP contribution in [0.25, 0.3) is 10.8 Å². The molecule has 0 saturated carbocycles. The molecule has 0 aliphatic carbocycles. The lowest BCUT2D eigenvalue weighted by molar-refractivity contribution is -0.114. The van der Waals surface area contributed by atoms with Crippen molar-refractivity contribution in [2.24, 2.45) is 0 Å². The number of amides is 2. The maximum atomic E-state index is 13.3. The molecule has 4 rings (SSSR count). The largest absolute Gasteiger partial charge is 0.495 e. The minimum atomic E-state index is -0.349. The summed E-state index contributed by atoms with van der Waals surface area (Å²) in [7, 11) is 1.51. The maximum Gasteiger partial charge on any atom is 0.259 e. The van der Waals surface area contributed by atoms with Crippen LogP contribution in [0.15, 0.2) is 59.1 Å². The molecule has 8 nitrogen and oxygen atoms in total.